The molecular weight excluding hydrogens is 398 g/mol. The summed E-state index contributed by atoms with van der Waals surface area (Å²) in [7, 11) is 0. The molecule has 1 amide bonds. The maximum absolute atomic E-state index is 12.4. The number of aryl methyl sites for hydroxylation is 2. The van der Waals surface area contributed by atoms with Gasteiger partial charge in [0, 0.05) is 23.5 Å². The van der Waals surface area contributed by atoms with Crippen LogP contribution in [0.3, 0.4) is 0 Å². The number of rotatable bonds is 9. The fraction of sp³-hybridized carbons (Fsp3) is 0.348. The van der Waals surface area contributed by atoms with Crippen molar-refractivity contribution in [1.82, 2.24) is 15.5 Å². The van der Waals surface area contributed by atoms with E-state index in [1.54, 1.807) is 24.3 Å². The van der Waals surface area contributed by atoms with E-state index in [2.05, 4.69) is 15.5 Å². The molecule has 3 rings (SSSR count). The van der Waals surface area contributed by atoms with Crippen molar-refractivity contribution in [1.29, 1.82) is 0 Å². The van der Waals surface area contributed by atoms with Gasteiger partial charge in [0.05, 0.1) is 24.4 Å². The van der Waals surface area contributed by atoms with Crippen LogP contribution in [-0.4, -0.2) is 22.7 Å². The number of amides is 1. The highest BCUT2D eigenvalue weighted by molar-refractivity contribution is 5.94. The van der Waals surface area contributed by atoms with Gasteiger partial charge < -0.3 is 24.3 Å². The van der Waals surface area contributed by atoms with Gasteiger partial charge in [0.1, 0.15) is 18.1 Å². The quantitative estimate of drug-likeness (QED) is 0.543. The topological polar surface area (TPSA) is 106 Å². The number of hydrogen-bond donors (Lipinski definition) is 2. The Morgan fingerprint density at radius 3 is 2.55 bits per heavy atom. The molecule has 0 fully saturated rings. The van der Waals surface area contributed by atoms with Crippen LogP contribution in [0, 0.1) is 19.8 Å². The average Bonchev–Trinajstić information content (AvgIpc) is 3.07. The zero-order valence-corrected chi connectivity index (χ0v) is 18.2. The third kappa shape index (κ3) is 5.97. The smallest absolute Gasteiger partial charge is 0.251 e. The minimum atomic E-state index is -0.252. The minimum absolute atomic E-state index is 0.197. The summed E-state index contributed by atoms with van der Waals surface area (Å²) >= 11 is 0. The largest absolute Gasteiger partial charge is 0.489 e. The Bertz CT molecular complexity index is 1060. The molecule has 0 saturated carbocycles. The number of hydrogen-bond acceptors (Lipinski definition) is 6. The van der Waals surface area contributed by atoms with Crippen LogP contribution in [0.4, 0.5) is 0 Å². The number of ether oxygens (including phenoxy) is 2. The number of pyridine rings is 1. The predicted molar refractivity (Wildman–Crippen MR) is 115 cm³/mol. The van der Waals surface area contributed by atoms with E-state index in [0.29, 0.717) is 36.1 Å². The molecule has 2 aromatic heterocycles. The summed E-state index contributed by atoms with van der Waals surface area (Å²) in [6.45, 7) is 8.73. The van der Waals surface area contributed by atoms with Crippen molar-refractivity contribution in [3.05, 3.63) is 75.0 Å². The van der Waals surface area contributed by atoms with E-state index in [9.17, 15) is 9.59 Å². The summed E-state index contributed by atoms with van der Waals surface area (Å²) in [5.74, 6) is 1.71. The molecule has 2 N–H and O–H groups in total. The Labute approximate surface area is 180 Å². The molecule has 31 heavy (non-hydrogen) atoms. The second-order valence-corrected chi connectivity index (χ2v) is 7.69. The Kier molecular flexibility index (Phi) is 7.12. The number of H-pyrrole nitrogens is 1. The molecule has 8 heteroatoms. The first-order valence-electron chi connectivity index (χ1n) is 10.1. The molecule has 0 aliphatic carbocycles. The van der Waals surface area contributed by atoms with Gasteiger partial charge >= 0.3 is 0 Å². The van der Waals surface area contributed by atoms with Gasteiger partial charge in [0.2, 0.25) is 5.43 Å². The third-order valence-electron chi connectivity index (χ3n) is 4.63. The second-order valence-electron chi connectivity index (χ2n) is 7.69. The molecule has 0 aliphatic heterocycles. The fourth-order valence-electron chi connectivity index (χ4n) is 2.82. The number of carbonyl (C=O) groups excluding carboxylic acids is 1. The first kappa shape index (κ1) is 22.1. The lowest BCUT2D eigenvalue weighted by Gasteiger charge is -2.10. The van der Waals surface area contributed by atoms with Crippen molar-refractivity contribution >= 4 is 5.91 Å². The SMILES string of the molecule is Cc1noc(C)c1COc1ccc(C(=O)NCc2cc(=O)c(OCC(C)C)c[nH]2)cc1. The first-order valence-corrected chi connectivity index (χ1v) is 10.1. The summed E-state index contributed by atoms with van der Waals surface area (Å²) in [6.07, 6.45) is 1.53. The maximum atomic E-state index is 12.4. The second kappa shape index (κ2) is 9.97. The van der Waals surface area contributed by atoms with Crippen LogP contribution in [0.5, 0.6) is 11.5 Å². The van der Waals surface area contributed by atoms with Crippen molar-refractivity contribution in [2.75, 3.05) is 6.61 Å². The van der Waals surface area contributed by atoms with Crippen LogP contribution in [-0.2, 0) is 13.2 Å². The van der Waals surface area contributed by atoms with Gasteiger partial charge in [-0.15, -0.1) is 0 Å². The van der Waals surface area contributed by atoms with E-state index in [-0.39, 0.29) is 23.6 Å². The highest BCUT2D eigenvalue weighted by atomic mass is 16.5. The van der Waals surface area contributed by atoms with E-state index in [1.165, 1.54) is 12.3 Å². The number of aromatic nitrogens is 2. The number of nitrogens with zero attached hydrogens (tertiary/aromatic N) is 1. The van der Waals surface area contributed by atoms with Crippen molar-refractivity contribution in [2.24, 2.45) is 5.92 Å². The van der Waals surface area contributed by atoms with Crippen molar-refractivity contribution in [2.45, 2.75) is 40.8 Å². The van der Waals surface area contributed by atoms with E-state index in [4.69, 9.17) is 14.0 Å². The van der Waals surface area contributed by atoms with Crippen molar-refractivity contribution in [3.8, 4) is 11.5 Å². The van der Waals surface area contributed by atoms with Crippen LogP contribution in [0.2, 0.25) is 0 Å². The molecule has 8 nitrogen and oxygen atoms in total. The molecule has 0 radical (unpaired) electrons. The van der Waals surface area contributed by atoms with Gasteiger partial charge in [-0.25, -0.2) is 0 Å². The van der Waals surface area contributed by atoms with E-state index in [1.807, 2.05) is 27.7 Å². The molecule has 0 bridgehead atoms. The van der Waals surface area contributed by atoms with Gasteiger partial charge in [-0.3, -0.25) is 9.59 Å². The number of carbonyl (C=O) groups is 1. The van der Waals surface area contributed by atoms with Crippen LogP contribution < -0.4 is 20.2 Å². The molecule has 1 aromatic carbocycles. The summed E-state index contributed by atoms with van der Waals surface area (Å²) < 4.78 is 16.3. The minimum Gasteiger partial charge on any atom is -0.489 e. The lowest BCUT2D eigenvalue weighted by Crippen LogP contribution is -2.24. The molecule has 0 saturated heterocycles. The molecule has 0 atom stereocenters. The van der Waals surface area contributed by atoms with E-state index >= 15 is 0 Å². The highest BCUT2D eigenvalue weighted by Crippen LogP contribution is 2.18. The van der Waals surface area contributed by atoms with Gasteiger partial charge in [-0.1, -0.05) is 19.0 Å². The molecular formula is C23H27N3O5. The third-order valence-corrected chi connectivity index (χ3v) is 4.63. The van der Waals surface area contributed by atoms with Gasteiger partial charge in [0.25, 0.3) is 5.91 Å². The lowest BCUT2D eigenvalue weighted by molar-refractivity contribution is 0.0950. The van der Waals surface area contributed by atoms with Crippen LogP contribution in [0.15, 0.2) is 45.8 Å². The van der Waals surface area contributed by atoms with Crippen LogP contribution >= 0.6 is 0 Å². The molecule has 0 aliphatic rings. The zero-order valence-electron chi connectivity index (χ0n) is 18.2. The molecule has 3 aromatic rings. The summed E-state index contributed by atoms with van der Waals surface area (Å²) in [6, 6.07) is 8.26. The zero-order chi connectivity index (χ0) is 22.4. The summed E-state index contributed by atoms with van der Waals surface area (Å²) in [4.78, 5) is 27.5. The molecule has 164 valence electrons. The standard InChI is InChI=1S/C23H27N3O5/c1-14(2)12-30-22-11-24-18(9-21(22)27)10-25-23(28)17-5-7-19(8-6-17)29-13-20-15(3)26-31-16(20)4/h5-9,11,14H,10,12-13H2,1-4H3,(H,24,27)(H,25,28). The number of nitrogens with one attached hydrogen (secondary N) is 2. The van der Waals surface area contributed by atoms with Crippen LogP contribution in [0.1, 0.15) is 46.9 Å². The molecule has 0 spiro atoms. The van der Waals surface area contributed by atoms with E-state index in [0.717, 1.165) is 17.0 Å². The van der Waals surface area contributed by atoms with Gasteiger partial charge in [0.15, 0.2) is 5.75 Å². The molecule has 0 unspecified atom stereocenters. The van der Waals surface area contributed by atoms with Crippen LogP contribution in [0.25, 0.3) is 0 Å². The Balaban J connectivity index is 1.52. The van der Waals surface area contributed by atoms with Crippen molar-refractivity contribution in [3.63, 3.8) is 0 Å². The summed E-state index contributed by atoms with van der Waals surface area (Å²) in [5, 5.41) is 6.69. The molecule has 2 heterocycles. The Hall–Kier alpha value is -3.55. The van der Waals surface area contributed by atoms with E-state index < -0.39 is 0 Å². The number of benzene rings is 1. The Morgan fingerprint density at radius 1 is 1.19 bits per heavy atom. The Morgan fingerprint density at radius 2 is 1.94 bits per heavy atom. The fourth-order valence-corrected chi connectivity index (χ4v) is 2.82. The number of aromatic amines is 1. The maximum Gasteiger partial charge on any atom is 0.251 e. The van der Waals surface area contributed by atoms with Gasteiger partial charge in [-0.05, 0) is 44.0 Å². The highest BCUT2D eigenvalue weighted by Gasteiger charge is 2.11. The normalized spacial score (nSPS) is 10.9. The predicted octanol–water partition coefficient (Wildman–Crippen LogP) is 3.52. The lowest BCUT2D eigenvalue weighted by atomic mass is 10.2. The first-order chi connectivity index (χ1) is 14.8. The van der Waals surface area contributed by atoms with Gasteiger partial charge in [-0.2, -0.15) is 0 Å². The monoisotopic (exact) mass is 425 g/mol. The summed E-state index contributed by atoms with van der Waals surface area (Å²) in [5.41, 5.74) is 2.57. The average molecular weight is 425 g/mol. The van der Waals surface area contributed by atoms with Crippen molar-refractivity contribution < 1.29 is 18.8 Å².